The van der Waals surface area contributed by atoms with E-state index in [-0.39, 0.29) is 5.41 Å². The third kappa shape index (κ3) is 2.90. The number of rotatable bonds is 4. The topological polar surface area (TPSA) is 0 Å². The fourth-order valence-electron chi connectivity index (χ4n) is 1.37. The summed E-state index contributed by atoms with van der Waals surface area (Å²) >= 11 is 12.1. The highest BCUT2D eigenvalue weighted by molar-refractivity contribution is 6.31. The summed E-state index contributed by atoms with van der Waals surface area (Å²) in [6.45, 7) is 4.36. The van der Waals surface area contributed by atoms with Gasteiger partial charge in [0.2, 0.25) is 0 Å². The van der Waals surface area contributed by atoms with Crippen LogP contribution in [0.3, 0.4) is 0 Å². The van der Waals surface area contributed by atoms with Gasteiger partial charge in [-0.25, -0.2) is 0 Å². The van der Waals surface area contributed by atoms with E-state index in [1.54, 1.807) is 0 Å². The summed E-state index contributed by atoms with van der Waals surface area (Å²) < 4.78 is 0. The average molecular weight is 231 g/mol. The van der Waals surface area contributed by atoms with Crippen LogP contribution in [0.4, 0.5) is 0 Å². The van der Waals surface area contributed by atoms with E-state index in [0.717, 1.165) is 17.9 Å². The Morgan fingerprint density at radius 1 is 1.29 bits per heavy atom. The summed E-state index contributed by atoms with van der Waals surface area (Å²) in [6, 6.07) is 7.98. The Kier molecular flexibility index (Phi) is 4.28. The second-order valence-corrected chi connectivity index (χ2v) is 4.74. The maximum Gasteiger partial charge on any atom is 0.0438 e. The number of hydrogen-bond acceptors (Lipinski definition) is 0. The molecule has 0 spiro atoms. The average Bonchev–Trinajstić information content (AvgIpc) is 2.21. The van der Waals surface area contributed by atoms with E-state index in [4.69, 9.17) is 23.2 Å². The van der Waals surface area contributed by atoms with Crippen molar-refractivity contribution in [3.8, 4) is 0 Å². The summed E-state index contributed by atoms with van der Waals surface area (Å²) in [7, 11) is 0. The quantitative estimate of drug-likeness (QED) is 0.667. The van der Waals surface area contributed by atoms with Gasteiger partial charge in [-0.15, -0.1) is 11.6 Å². The summed E-state index contributed by atoms with van der Waals surface area (Å²) in [5.41, 5.74) is 1.35. The van der Waals surface area contributed by atoms with E-state index in [0.29, 0.717) is 5.88 Å². The molecule has 1 aromatic rings. The van der Waals surface area contributed by atoms with Gasteiger partial charge in [0.05, 0.1) is 0 Å². The van der Waals surface area contributed by atoms with Crippen LogP contribution >= 0.6 is 23.2 Å². The van der Waals surface area contributed by atoms with Crippen molar-refractivity contribution in [2.75, 3.05) is 5.88 Å². The lowest BCUT2D eigenvalue weighted by molar-refractivity contribution is 0.355. The van der Waals surface area contributed by atoms with Crippen molar-refractivity contribution >= 4 is 23.2 Å². The van der Waals surface area contributed by atoms with Crippen LogP contribution in [-0.4, -0.2) is 5.88 Å². The lowest BCUT2D eigenvalue weighted by Crippen LogP contribution is -2.20. The van der Waals surface area contributed by atoms with E-state index in [9.17, 15) is 0 Å². The minimum atomic E-state index is 0.159. The number of alkyl halides is 1. The largest absolute Gasteiger partial charge is 0.126 e. The van der Waals surface area contributed by atoms with Gasteiger partial charge in [0.25, 0.3) is 0 Å². The lowest BCUT2D eigenvalue weighted by atomic mass is 9.83. The molecule has 0 N–H and O–H groups in total. The van der Waals surface area contributed by atoms with E-state index >= 15 is 0 Å². The first kappa shape index (κ1) is 11.9. The van der Waals surface area contributed by atoms with Crippen LogP contribution in [0.15, 0.2) is 24.3 Å². The van der Waals surface area contributed by atoms with Crippen molar-refractivity contribution in [1.82, 2.24) is 0 Å². The van der Waals surface area contributed by atoms with Gasteiger partial charge in [-0.3, -0.25) is 0 Å². The highest BCUT2D eigenvalue weighted by Gasteiger charge is 2.22. The molecule has 0 aliphatic heterocycles. The first-order valence-corrected chi connectivity index (χ1v) is 5.82. The zero-order valence-electron chi connectivity index (χ0n) is 8.69. The first-order chi connectivity index (χ1) is 6.61. The van der Waals surface area contributed by atoms with Crippen LogP contribution in [0, 0.1) is 5.41 Å². The standard InChI is InChI=1S/C12H16Cl2/c1-3-12(2,9-13)8-10-6-4-5-7-11(10)14/h4-7H,3,8-9H2,1-2H3. The van der Waals surface area contributed by atoms with Crippen molar-refractivity contribution < 1.29 is 0 Å². The maximum absolute atomic E-state index is 6.10. The predicted octanol–water partition coefficient (Wildman–Crippen LogP) is 4.54. The summed E-state index contributed by atoms with van der Waals surface area (Å²) in [6.07, 6.45) is 2.02. The molecule has 78 valence electrons. The number of halogens is 2. The molecule has 1 aromatic carbocycles. The zero-order chi connectivity index (χ0) is 10.6. The van der Waals surface area contributed by atoms with Crippen LogP contribution in [0.5, 0.6) is 0 Å². The smallest absolute Gasteiger partial charge is 0.0438 e. The van der Waals surface area contributed by atoms with Gasteiger partial charge in [0.15, 0.2) is 0 Å². The third-order valence-electron chi connectivity index (χ3n) is 2.75. The molecule has 0 heterocycles. The Bertz CT molecular complexity index is 290. The maximum atomic E-state index is 6.10. The second kappa shape index (κ2) is 5.04. The van der Waals surface area contributed by atoms with Crippen LogP contribution in [0.25, 0.3) is 0 Å². The highest BCUT2D eigenvalue weighted by Crippen LogP contribution is 2.30. The molecular weight excluding hydrogens is 215 g/mol. The van der Waals surface area contributed by atoms with Gasteiger partial charge in [-0.1, -0.05) is 43.6 Å². The Morgan fingerprint density at radius 3 is 2.43 bits per heavy atom. The molecule has 0 amide bonds. The normalized spacial score (nSPS) is 15.1. The molecule has 0 fully saturated rings. The van der Waals surface area contributed by atoms with Crippen molar-refractivity contribution in [3.63, 3.8) is 0 Å². The molecule has 0 aliphatic rings. The molecule has 1 unspecified atom stereocenters. The van der Waals surface area contributed by atoms with Gasteiger partial charge in [-0.2, -0.15) is 0 Å². The van der Waals surface area contributed by atoms with Crippen molar-refractivity contribution in [3.05, 3.63) is 34.9 Å². The van der Waals surface area contributed by atoms with Crippen molar-refractivity contribution in [1.29, 1.82) is 0 Å². The minimum absolute atomic E-state index is 0.159. The Labute approximate surface area is 96.2 Å². The molecule has 0 aliphatic carbocycles. The van der Waals surface area contributed by atoms with Gasteiger partial charge in [0.1, 0.15) is 0 Å². The Balaban J connectivity index is 2.82. The lowest BCUT2D eigenvalue weighted by Gasteiger charge is -2.25. The first-order valence-electron chi connectivity index (χ1n) is 4.90. The zero-order valence-corrected chi connectivity index (χ0v) is 10.2. The molecule has 0 saturated carbocycles. The number of benzene rings is 1. The fourth-order valence-corrected chi connectivity index (χ4v) is 1.85. The van der Waals surface area contributed by atoms with Crippen molar-refractivity contribution in [2.45, 2.75) is 26.7 Å². The molecule has 0 bridgehead atoms. The molecule has 1 rings (SSSR count). The summed E-state index contributed by atoms with van der Waals surface area (Å²) in [5, 5.41) is 0.845. The number of hydrogen-bond donors (Lipinski definition) is 0. The molecule has 1 atom stereocenters. The molecule has 0 saturated heterocycles. The van der Waals surface area contributed by atoms with E-state index in [1.165, 1.54) is 5.56 Å². The predicted molar refractivity (Wildman–Crippen MR) is 64.3 cm³/mol. The highest BCUT2D eigenvalue weighted by atomic mass is 35.5. The molecular formula is C12H16Cl2. The minimum Gasteiger partial charge on any atom is -0.126 e. The fraction of sp³-hybridized carbons (Fsp3) is 0.500. The van der Waals surface area contributed by atoms with Gasteiger partial charge < -0.3 is 0 Å². The molecule has 0 nitrogen and oxygen atoms in total. The second-order valence-electron chi connectivity index (χ2n) is 4.07. The van der Waals surface area contributed by atoms with E-state index < -0.39 is 0 Å². The SMILES string of the molecule is CCC(C)(CCl)Cc1ccccc1Cl. The van der Waals surface area contributed by atoms with Gasteiger partial charge in [-0.05, 0) is 29.9 Å². The monoisotopic (exact) mass is 230 g/mol. The van der Waals surface area contributed by atoms with Crippen molar-refractivity contribution in [2.24, 2.45) is 5.41 Å². The molecule has 14 heavy (non-hydrogen) atoms. The van der Waals surface area contributed by atoms with Gasteiger partial charge >= 0.3 is 0 Å². The molecule has 2 heteroatoms. The Morgan fingerprint density at radius 2 is 1.93 bits per heavy atom. The van der Waals surface area contributed by atoms with Crippen LogP contribution in [-0.2, 0) is 6.42 Å². The molecule has 0 radical (unpaired) electrons. The Hall–Kier alpha value is -0.200. The summed E-state index contributed by atoms with van der Waals surface area (Å²) in [5.74, 6) is 0.675. The molecule has 0 aromatic heterocycles. The van der Waals surface area contributed by atoms with Gasteiger partial charge in [0, 0.05) is 10.9 Å². The van der Waals surface area contributed by atoms with E-state index in [1.807, 2.05) is 18.2 Å². The van der Waals surface area contributed by atoms with Crippen LogP contribution < -0.4 is 0 Å². The van der Waals surface area contributed by atoms with Crippen LogP contribution in [0.1, 0.15) is 25.8 Å². The van der Waals surface area contributed by atoms with E-state index in [2.05, 4.69) is 19.9 Å². The third-order valence-corrected chi connectivity index (χ3v) is 3.77. The summed E-state index contributed by atoms with van der Waals surface area (Å²) in [4.78, 5) is 0. The van der Waals surface area contributed by atoms with Crippen LogP contribution in [0.2, 0.25) is 5.02 Å².